The summed E-state index contributed by atoms with van der Waals surface area (Å²) in [6, 6.07) is 4.52. The van der Waals surface area contributed by atoms with E-state index in [1.807, 2.05) is 17.5 Å². The van der Waals surface area contributed by atoms with E-state index in [4.69, 9.17) is 11.6 Å². The smallest absolute Gasteiger partial charge is 0.399 e. The van der Waals surface area contributed by atoms with Crippen molar-refractivity contribution in [3.8, 4) is 0 Å². The second-order valence-corrected chi connectivity index (χ2v) is 5.41. The minimum absolute atomic E-state index is 0.0641. The Balaban J connectivity index is 2.44. The minimum atomic E-state index is -4.48. The number of nitrogens with zero attached hydrogens (tertiary/aromatic N) is 2. The Bertz CT molecular complexity index is 629. The summed E-state index contributed by atoms with van der Waals surface area (Å²) in [6.45, 7) is 0. The molecule has 0 aliphatic carbocycles. The van der Waals surface area contributed by atoms with Crippen molar-refractivity contribution >= 4 is 29.2 Å². The average Bonchev–Trinajstić information content (AvgIpc) is 2.93. The zero-order valence-electron chi connectivity index (χ0n) is 10.8. The topological polar surface area (TPSA) is 34.5 Å². The second-order valence-electron chi connectivity index (χ2n) is 4.02. The van der Waals surface area contributed by atoms with E-state index in [0.29, 0.717) is 5.69 Å². The van der Waals surface area contributed by atoms with E-state index in [1.54, 1.807) is 0 Å². The summed E-state index contributed by atoms with van der Waals surface area (Å²) < 4.78 is 37.9. The predicted octanol–water partition coefficient (Wildman–Crippen LogP) is 4.58. The highest BCUT2D eigenvalue weighted by molar-refractivity contribution is 7.10. The van der Waals surface area contributed by atoms with Crippen LogP contribution in [0.2, 0.25) is 5.02 Å². The molecule has 2 aromatic heterocycles. The molecule has 0 aliphatic heterocycles. The van der Waals surface area contributed by atoms with Crippen LogP contribution in [0.25, 0.3) is 0 Å². The molecular formula is C13H10ClF3N2OS. The van der Waals surface area contributed by atoms with Gasteiger partial charge in [-0.25, -0.2) is 0 Å². The number of hydrogen-bond donors (Lipinski definition) is 0. The maximum atomic E-state index is 12.6. The van der Waals surface area contributed by atoms with Gasteiger partial charge >= 0.3 is 6.18 Å². The second kappa shape index (κ2) is 6.44. The first-order valence-corrected chi connectivity index (χ1v) is 7.02. The molecule has 0 amide bonds. The van der Waals surface area contributed by atoms with Crippen LogP contribution in [0.1, 0.15) is 22.1 Å². The highest BCUT2D eigenvalue weighted by Crippen LogP contribution is 2.35. The van der Waals surface area contributed by atoms with Gasteiger partial charge in [-0.3, -0.25) is 4.98 Å². The normalized spacial score (nSPS) is 13.6. The van der Waals surface area contributed by atoms with Gasteiger partial charge in [0.25, 0.3) is 0 Å². The van der Waals surface area contributed by atoms with Crippen molar-refractivity contribution < 1.29 is 18.0 Å². The van der Waals surface area contributed by atoms with E-state index in [9.17, 15) is 13.2 Å². The van der Waals surface area contributed by atoms with Gasteiger partial charge in [-0.1, -0.05) is 22.8 Å². The van der Waals surface area contributed by atoms with Gasteiger partial charge < -0.3 is 4.84 Å². The molecule has 0 bridgehead atoms. The zero-order chi connectivity index (χ0) is 15.5. The van der Waals surface area contributed by atoms with Crippen LogP contribution in [0.4, 0.5) is 13.2 Å². The van der Waals surface area contributed by atoms with Crippen molar-refractivity contribution in [3.05, 3.63) is 50.9 Å². The molecule has 0 unspecified atom stereocenters. The Morgan fingerprint density at radius 2 is 2.24 bits per heavy atom. The van der Waals surface area contributed by atoms with E-state index in [1.165, 1.54) is 24.7 Å². The third-order valence-electron chi connectivity index (χ3n) is 2.66. The van der Waals surface area contributed by atoms with Gasteiger partial charge in [-0.15, -0.1) is 11.3 Å². The lowest BCUT2D eigenvalue weighted by molar-refractivity contribution is -0.137. The standard InChI is InChI=1S/C13H10ClF3N2OS/c1-20-19-7-9(11-3-2-4-21-11)12-10(14)5-8(6-18-12)13(15,16)17/h2-7,9H,1H3/b19-7-/t9-/m1/s1. The molecule has 8 heteroatoms. The van der Waals surface area contributed by atoms with E-state index in [2.05, 4.69) is 15.0 Å². The van der Waals surface area contributed by atoms with E-state index in [-0.39, 0.29) is 5.02 Å². The summed E-state index contributed by atoms with van der Waals surface area (Å²) in [5.74, 6) is -0.459. The lowest BCUT2D eigenvalue weighted by atomic mass is 10.0. The maximum absolute atomic E-state index is 12.6. The van der Waals surface area contributed by atoms with Crippen LogP contribution in [0, 0.1) is 0 Å². The Morgan fingerprint density at radius 1 is 1.48 bits per heavy atom. The van der Waals surface area contributed by atoms with Gasteiger partial charge in [0, 0.05) is 11.1 Å². The van der Waals surface area contributed by atoms with Crippen LogP contribution in [0.15, 0.2) is 34.9 Å². The summed E-state index contributed by atoms with van der Waals surface area (Å²) in [5.41, 5.74) is -0.585. The molecule has 2 aromatic rings. The summed E-state index contributed by atoms with van der Waals surface area (Å²) in [6.07, 6.45) is -2.26. The summed E-state index contributed by atoms with van der Waals surface area (Å²) in [5, 5.41) is 5.46. The number of rotatable bonds is 4. The molecule has 2 rings (SSSR count). The predicted molar refractivity (Wildman–Crippen MR) is 75.9 cm³/mol. The van der Waals surface area contributed by atoms with Crippen molar-refractivity contribution in [2.24, 2.45) is 5.16 Å². The first-order valence-electron chi connectivity index (χ1n) is 5.76. The summed E-state index contributed by atoms with van der Waals surface area (Å²) in [4.78, 5) is 9.35. The fourth-order valence-corrected chi connectivity index (χ4v) is 2.78. The molecule has 1 atom stereocenters. The number of alkyl halides is 3. The Morgan fingerprint density at radius 3 is 2.76 bits per heavy atom. The number of halogens is 4. The molecule has 0 fully saturated rings. The maximum Gasteiger partial charge on any atom is 0.417 e. The highest BCUT2D eigenvalue weighted by atomic mass is 35.5. The number of oxime groups is 1. The van der Waals surface area contributed by atoms with E-state index < -0.39 is 17.7 Å². The van der Waals surface area contributed by atoms with Gasteiger partial charge in [-0.05, 0) is 17.5 Å². The molecule has 21 heavy (non-hydrogen) atoms. The van der Waals surface area contributed by atoms with Crippen LogP contribution in [0.5, 0.6) is 0 Å². The third kappa shape index (κ3) is 3.74. The van der Waals surface area contributed by atoms with Gasteiger partial charge in [0.05, 0.1) is 28.4 Å². The molecule has 0 spiro atoms. The minimum Gasteiger partial charge on any atom is -0.399 e. The van der Waals surface area contributed by atoms with Gasteiger partial charge in [0.15, 0.2) is 0 Å². The molecule has 0 radical (unpaired) electrons. The van der Waals surface area contributed by atoms with Crippen LogP contribution in [-0.4, -0.2) is 18.3 Å². The zero-order valence-corrected chi connectivity index (χ0v) is 12.3. The molecule has 0 saturated carbocycles. The fraction of sp³-hybridized carbons (Fsp3) is 0.231. The van der Waals surface area contributed by atoms with Gasteiger partial charge in [-0.2, -0.15) is 13.2 Å². The number of thiophene rings is 1. The fourth-order valence-electron chi connectivity index (χ4n) is 1.70. The molecule has 2 heterocycles. The van der Waals surface area contributed by atoms with Crippen molar-refractivity contribution in [2.75, 3.05) is 7.11 Å². The van der Waals surface area contributed by atoms with Crippen LogP contribution < -0.4 is 0 Å². The quantitative estimate of drug-likeness (QED) is 0.606. The third-order valence-corrected chi connectivity index (χ3v) is 3.91. The highest BCUT2D eigenvalue weighted by Gasteiger charge is 2.32. The number of aromatic nitrogens is 1. The summed E-state index contributed by atoms with van der Waals surface area (Å²) in [7, 11) is 1.38. The molecule has 0 aliphatic rings. The monoisotopic (exact) mass is 334 g/mol. The molecule has 0 aromatic carbocycles. The van der Waals surface area contributed by atoms with Crippen molar-refractivity contribution in [2.45, 2.75) is 12.1 Å². The van der Waals surface area contributed by atoms with Crippen molar-refractivity contribution in [1.29, 1.82) is 0 Å². The molecular weight excluding hydrogens is 325 g/mol. The lowest BCUT2D eigenvalue weighted by Gasteiger charge is -2.13. The van der Waals surface area contributed by atoms with Gasteiger partial charge in [0.1, 0.15) is 7.11 Å². The van der Waals surface area contributed by atoms with Crippen LogP contribution in [-0.2, 0) is 11.0 Å². The van der Waals surface area contributed by atoms with Crippen LogP contribution >= 0.6 is 22.9 Å². The molecule has 112 valence electrons. The molecule has 0 saturated heterocycles. The largest absolute Gasteiger partial charge is 0.417 e. The first kappa shape index (κ1) is 15.8. The van der Waals surface area contributed by atoms with E-state index in [0.717, 1.165) is 17.1 Å². The van der Waals surface area contributed by atoms with E-state index >= 15 is 0 Å². The molecule has 0 N–H and O–H groups in total. The van der Waals surface area contributed by atoms with Crippen LogP contribution in [0.3, 0.4) is 0 Å². The SMILES string of the molecule is CO/N=C\[C@H](c1cccs1)c1ncc(C(F)(F)F)cc1Cl. The number of pyridine rings is 1. The Labute approximate surface area is 128 Å². The Kier molecular flexibility index (Phi) is 4.84. The Hall–Kier alpha value is -1.60. The molecule has 3 nitrogen and oxygen atoms in total. The number of hydrogen-bond acceptors (Lipinski definition) is 4. The van der Waals surface area contributed by atoms with Gasteiger partial charge in [0.2, 0.25) is 0 Å². The van der Waals surface area contributed by atoms with Crippen molar-refractivity contribution in [3.63, 3.8) is 0 Å². The van der Waals surface area contributed by atoms with Crippen molar-refractivity contribution in [1.82, 2.24) is 4.98 Å². The lowest BCUT2D eigenvalue weighted by Crippen LogP contribution is -2.09. The summed E-state index contributed by atoms with van der Waals surface area (Å²) >= 11 is 7.39. The first-order chi connectivity index (χ1) is 9.93. The average molecular weight is 335 g/mol.